The maximum atomic E-state index is 5.88. The minimum atomic E-state index is 0.329. The first kappa shape index (κ1) is 13.1. The first-order valence-corrected chi connectivity index (χ1v) is 7.18. The molecule has 0 radical (unpaired) electrons. The number of halogens is 3. The normalized spacial score (nSPS) is 10.5. The van der Waals surface area contributed by atoms with Crippen LogP contribution in [-0.2, 0) is 6.42 Å². The zero-order chi connectivity index (χ0) is 12.3. The molecular formula is C10H8BrCl2N3S. The summed E-state index contributed by atoms with van der Waals surface area (Å²) in [7, 11) is 0. The maximum absolute atomic E-state index is 5.88. The van der Waals surface area contributed by atoms with E-state index in [0.717, 1.165) is 16.8 Å². The SMILES string of the molecule is Clc1cc(NCCc2ccc(Br)s2)c(Cl)nn1. The summed E-state index contributed by atoms with van der Waals surface area (Å²) >= 11 is 16.8. The van der Waals surface area contributed by atoms with E-state index >= 15 is 0 Å². The van der Waals surface area contributed by atoms with Crippen LogP contribution in [0, 0.1) is 0 Å². The second-order valence-electron chi connectivity index (χ2n) is 3.25. The Morgan fingerprint density at radius 2 is 2.12 bits per heavy atom. The lowest BCUT2D eigenvalue weighted by atomic mass is 10.3. The number of rotatable bonds is 4. The van der Waals surface area contributed by atoms with Crippen LogP contribution in [0.25, 0.3) is 0 Å². The number of hydrogen-bond donors (Lipinski definition) is 1. The fraction of sp³-hybridized carbons (Fsp3) is 0.200. The van der Waals surface area contributed by atoms with Gasteiger partial charge in [-0.15, -0.1) is 21.5 Å². The standard InChI is InChI=1S/C10H8BrCl2N3S/c11-8-2-1-6(17-8)3-4-14-7-5-9(12)15-16-10(7)13/h1-2,5H,3-4H2,(H,14,15). The van der Waals surface area contributed by atoms with Crippen molar-refractivity contribution in [3.63, 3.8) is 0 Å². The highest BCUT2D eigenvalue weighted by Crippen LogP contribution is 2.23. The summed E-state index contributed by atoms with van der Waals surface area (Å²) in [5.41, 5.74) is 0.710. The first-order valence-electron chi connectivity index (χ1n) is 4.82. The number of thiophene rings is 1. The summed E-state index contributed by atoms with van der Waals surface area (Å²) in [6, 6.07) is 5.80. The van der Waals surface area contributed by atoms with Gasteiger partial charge < -0.3 is 5.32 Å². The lowest BCUT2D eigenvalue weighted by molar-refractivity contribution is 1.00. The second kappa shape index (κ2) is 6.00. The minimum Gasteiger partial charge on any atom is -0.382 e. The molecule has 0 aromatic carbocycles. The lowest BCUT2D eigenvalue weighted by Crippen LogP contribution is -2.05. The summed E-state index contributed by atoms with van der Waals surface area (Å²) < 4.78 is 1.14. The molecule has 0 unspecified atom stereocenters. The zero-order valence-electron chi connectivity index (χ0n) is 8.58. The van der Waals surface area contributed by atoms with E-state index < -0.39 is 0 Å². The van der Waals surface area contributed by atoms with Crippen LogP contribution >= 0.6 is 50.5 Å². The van der Waals surface area contributed by atoms with Crippen molar-refractivity contribution in [1.82, 2.24) is 10.2 Å². The molecule has 90 valence electrons. The molecule has 7 heteroatoms. The largest absolute Gasteiger partial charge is 0.382 e. The van der Waals surface area contributed by atoms with Crippen LogP contribution in [0.5, 0.6) is 0 Å². The molecule has 0 bridgehead atoms. The topological polar surface area (TPSA) is 37.8 Å². The Kier molecular flexibility index (Phi) is 4.62. The van der Waals surface area contributed by atoms with Crippen LogP contribution < -0.4 is 5.32 Å². The Balaban J connectivity index is 1.91. The van der Waals surface area contributed by atoms with Gasteiger partial charge >= 0.3 is 0 Å². The number of nitrogens with one attached hydrogen (secondary N) is 1. The molecule has 1 N–H and O–H groups in total. The van der Waals surface area contributed by atoms with Gasteiger partial charge in [0.25, 0.3) is 0 Å². The lowest BCUT2D eigenvalue weighted by Gasteiger charge is -2.06. The highest BCUT2D eigenvalue weighted by molar-refractivity contribution is 9.11. The third kappa shape index (κ3) is 3.81. The molecule has 0 aliphatic carbocycles. The van der Waals surface area contributed by atoms with Gasteiger partial charge in [0, 0.05) is 17.5 Å². The van der Waals surface area contributed by atoms with Crippen molar-refractivity contribution in [3.05, 3.63) is 37.2 Å². The predicted molar refractivity (Wildman–Crippen MR) is 76.3 cm³/mol. The molecule has 0 aliphatic rings. The molecule has 0 atom stereocenters. The molecular weight excluding hydrogens is 345 g/mol. The monoisotopic (exact) mass is 351 g/mol. The molecule has 2 heterocycles. The van der Waals surface area contributed by atoms with Crippen molar-refractivity contribution >= 4 is 56.2 Å². The third-order valence-electron chi connectivity index (χ3n) is 2.03. The van der Waals surface area contributed by atoms with E-state index in [1.807, 2.05) is 6.07 Å². The minimum absolute atomic E-state index is 0.329. The van der Waals surface area contributed by atoms with Gasteiger partial charge in [0.1, 0.15) is 0 Å². The van der Waals surface area contributed by atoms with Gasteiger partial charge in [-0.05, 0) is 34.5 Å². The van der Waals surface area contributed by atoms with Crippen molar-refractivity contribution in [3.8, 4) is 0 Å². The summed E-state index contributed by atoms with van der Waals surface area (Å²) in [5.74, 6) is 0. The fourth-order valence-electron chi connectivity index (χ4n) is 1.28. The summed E-state index contributed by atoms with van der Waals surface area (Å²) in [6.45, 7) is 0.773. The van der Waals surface area contributed by atoms with Crippen molar-refractivity contribution in [1.29, 1.82) is 0 Å². The maximum Gasteiger partial charge on any atom is 0.174 e. The summed E-state index contributed by atoms with van der Waals surface area (Å²) in [6.07, 6.45) is 0.923. The number of nitrogens with zero attached hydrogens (tertiary/aromatic N) is 2. The van der Waals surface area contributed by atoms with Crippen LogP contribution in [0.2, 0.25) is 10.3 Å². The highest BCUT2D eigenvalue weighted by atomic mass is 79.9. The molecule has 0 spiro atoms. The predicted octanol–water partition coefficient (Wildman–Crippen LogP) is 4.26. The molecule has 2 aromatic heterocycles. The Hall–Kier alpha value is -0.360. The van der Waals surface area contributed by atoms with E-state index in [4.69, 9.17) is 23.2 Å². The third-order valence-corrected chi connectivity index (χ3v) is 4.18. The number of anilines is 1. The molecule has 0 amide bonds. The van der Waals surface area contributed by atoms with Crippen molar-refractivity contribution < 1.29 is 0 Å². The molecule has 0 saturated heterocycles. The van der Waals surface area contributed by atoms with Crippen molar-refractivity contribution in [2.75, 3.05) is 11.9 Å². The van der Waals surface area contributed by atoms with Gasteiger partial charge in [0.15, 0.2) is 10.3 Å². The highest BCUT2D eigenvalue weighted by Gasteiger charge is 2.04. The Labute approximate surface area is 121 Å². The molecule has 2 rings (SSSR count). The molecule has 0 saturated carbocycles. The Bertz CT molecular complexity index is 518. The van der Waals surface area contributed by atoms with E-state index in [1.165, 1.54) is 4.88 Å². The molecule has 3 nitrogen and oxygen atoms in total. The van der Waals surface area contributed by atoms with Gasteiger partial charge in [-0.25, -0.2) is 0 Å². The second-order valence-corrected chi connectivity index (χ2v) is 6.55. The van der Waals surface area contributed by atoms with Crippen molar-refractivity contribution in [2.45, 2.75) is 6.42 Å². The smallest absolute Gasteiger partial charge is 0.174 e. The van der Waals surface area contributed by atoms with Crippen LogP contribution in [0.4, 0.5) is 5.69 Å². The molecule has 0 aliphatic heterocycles. The van der Waals surface area contributed by atoms with Gasteiger partial charge in [0.05, 0.1) is 9.47 Å². The van der Waals surface area contributed by atoms with Gasteiger partial charge in [0.2, 0.25) is 0 Å². The van der Waals surface area contributed by atoms with Gasteiger partial charge in [-0.1, -0.05) is 23.2 Å². The van der Waals surface area contributed by atoms with E-state index in [-0.39, 0.29) is 0 Å². The van der Waals surface area contributed by atoms with E-state index in [9.17, 15) is 0 Å². The van der Waals surface area contributed by atoms with Crippen LogP contribution in [0.3, 0.4) is 0 Å². The quantitative estimate of drug-likeness (QED) is 0.893. The average Bonchev–Trinajstić information content (AvgIpc) is 2.69. The average molecular weight is 353 g/mol. The van der Waals surface area contributed by atoms with E-state index in [0.29, 0.717) is 16.0 Å². The molecule has 0 fully saturated rings. The van der Waals surface area contributed by atoms with Crippen LogP contribution in [0.1, 0.15) is 4.88 Å². The summed E-state index contributed by atoms with van der Waals surface area (Å²) in [5, 5.41) is 11.2. The number of aromatic nitrogens is 2. The first-order chi connectivity index (χ1) is 8.15. The fourth-order valence-corrected chi connectivity index (χ4v) is 3.07. The summed E-state index contributed by atoms with van der Waals surface area (Å²) in [4.78, 5) is 1.30. The van der Waals surface area contributed by atoms with Crippen LogP contribution in [-0.4, -0.2) is 16.7 Å². The van der Waals surface area contributed by atoms with Crippen molar-refractivity contribution in [2.24, 2.45) is 0 Å². The van der Waals surface area contributed by atoms with Crippen LogP contribution in [0.15, 0.2) is 22.0 Å². The molecule has 2 aromatic rings. The Morgan fingerprint density at radius 1 is 1.29 bits per heavy atom. The van der Waals surface area contributed by atoms with Gasteiger partial charge in [-0.3, -0.25) is 0 Å². The van der Waals surface area contributed by atoms with E-state index in [1.54, 1.807) is 17.4 Å². The van der Waals surface area contributed by atoms with E-state index in [2.05, 4.69) is 37.5 Å². The Morgan fingerprint density at radius 3 is 2.82 bits per heavy atom. The zero-order valence-corrected chi connectivity index (χ0v) is 12.5. The number of hydrogen-bond acceptors (Lipinski definition) is 4. The molecule has 17 heavy (non-hydrogen) atoms. The van der Waals surface area contributed by atoms with Gasteiger partial charge in [-0.2, -0.15) is 0 Å².